The lowest BCUT2D eigenvalue weighted by Crippen LogP contribution is -2.47. The Kier molecular flexibility index (Phi) is 4.47. The van der Waals surface area contributed by atoms with Gasteiger partial charge in [-0.3, -0.25) is 9.59 Å². The van der Waals surface area contributed by atoms with E-state index in [0.29, 0.717) is 5.69 Å². The quantitative estimate of drug-likeness (QED) is 0.806. The van der Waals surface area contributed by atoms with E-state index in [-0.39, 0.29) is 12.2 Å². The van der Waals surface area contributed by atoms with E-state index < -0.39 is 17.0 Å². The average Bonchev–Trinajstić information content (AvgIpc) is 2.47. The number of aryl methyl sites for hydroxylation is 1. The second-order valence-corrected chi connectivity index (χ2v) is 5.91. The van der Waals surface area contributed by atoms with Crippen molar-refractivity contribution >= 4 is 5.91 Å². The number of benzene rings is 1. The molecule has 0 saturated heterocycles. The van der Waals surface area contributed by atoms with Gasteiger partial charge in [-0.2, -0.15) is 0 Å². The molecule has 0 bridgehead atoms. The molecule has 0 atom stereocenters. The largest absolute Gasteiger partial charge is 0.394 e. The van der Waals surface area contributed by atoms with Crippen molar-refractivity contribution in [2.24, 2.45) is 0 Å². The molecule has 3 N–H and O–H groups in total. The summed E-state index contributed by atoms with van der Waals surface area (Å²) in [5.41, 5.74) is 1.23. The molecule has 1 aromatic carbocycles. The number of nitrogens with one attached hydrogen (secondary N) is 2. The van der Waals surface area contributed by atoms with Crippen LogP contribution in [0.4, 0.5) is 0 Å². The number of aromatic nitrogens is 1. The first kappa shape index (κ1) is 16.0. The van der Waals surface area contributed by atoms with Crippen LogP contribution >= 0.6 is 0 Å². The summed E-state index contributed by atoms with van der Waals surface area (Å²) in [5.74, 6) is -0.502. The summed E-state index contributed by atoms with van der Waals surface area (Å²) in [6, 6.07) is 11.1. The normalized spacial score (nSPS) is 11.3. The van der Waals surface area contributed by atoms with Crippen LogP contribution in [0.5, 0.6) is 0 Å². The van der Waals surface area contributed by atoms with Crippen molar-refractivity contribution in [2.75, 3.05) is 6.61 Å². The topological polar surface area (TPSA) is 82.2 Å². The number of carbonyl (C=O) groups is 1. The highest BCUT2D eigenvalue weighted by atomic mass is 16.3. The summed E-state index contributed by atoms with van der Waals surface area (Å²) in [7, 11) is 0. The number of aliphatic hydroxyl groups excluding tert-OH is 1. The number of aromatic amines is 1. The van der Waals surface area contributed by atoms with E-state index in [4.69, 9.17) is 0 Å². The molecule has 5 nitrogen and oxygen atoms in total. The fraction of sp³-hybridized carbons (Fsp3) is 0.294. The Morgan fingerprint density at radius 2 is 1.91 bits per heavy atom. The highest BCUT2D eigenvalue weighted by molar-refractivity contribution is 5.95. The molecule has 0 spiro atoms. The van der Waals surface area contributed by atoms with Crippen LogP contribution in [0.2, 0.25) is 0 Å². The minimum Gasteiger partial charge on any atom is -0.394 e. The molecule has 0 aliphatic rings. The molecule has 0 aliphatic heterocycles. The van der Waals surface area contributed by atoms with Crippen molar-refractivity contribution < 1.29 is 9.90 Å². The zero-order valence-corrected chi connectivity index (χ0v) is 12.9. The average molecular weight is 300 g/mol. The molecule has 2 rings (SSSR count). The maximum atomic E-state index is 12.3. The van der Waals surface area contributed by atoms with Gasteiger partial charge in [-0.05, 0) is 32.4 Å². The van der Waals surface area contributed by atoms with Gasteiger partial charge in [0.25, 0.3) is 11.5 Å². The molecule has 2 aromatic rings. The molecule has 22 heavy (non-hydrogen) atoms. The molecule has 5 heteroatoms. The molecule has 1 heterocycles. The van der Waals surface area contributed by atoms with E-state index in [1.807, 2.05) is 30.3 Å². The van der Waals surface area contributed by atoms with Gasteiger partial charge < -0.3 is 15.4 Å². The molecule has 0 fully saturated rings. The van der Waals surface area contributed by atoms with Gasteiger partial charge in [0, 0.05) is 11.3 Å². The first-order valence-corrected chi connectivity index (χ1v) is 7.07. The SMILES string of the molecule is Cc1[nH]c(=O)c(C(=O)NC(C)(C)CO)cc1-c1ccccc1. The number of pyridine rings is 1. The van der Waals surface area contributed by atoms with E-state index in [1.165, 1.54) is 0 Å². The van der Waals surface area contributed by atoms with Gasteiger partial charge in [0.2, 0.25) is 0 Å². The van der Waals surface area contributed by atoms with Crippen molar-refractivity contribution in [3.8, 4) is 11.1 Å². The third-order valence-corrected chi connectivity index (χ3v) is 3.41. The Morgan fingerprint density at radius 3 is 2.50 bits per heavy atom. The molecule has 1 aromatic heterocycles. The Bertz CT molecular complexity index is 733. The molecule has 0 radical (unpaired) electrons. The summed E-state index contributed by atoms with van der Waals surface area (Å²) in [5, 5.41) is 11.9. The number of rotatable bonds is 4. The van der Waals surface area contributed by atoms with Gasteiger partial charge in [0.1, 0.15) is 5.56 Å². The van der Waals surface area contributed by atoms with Gasteiger partial charge in [0.05, 0.1) is 12.1 Å². The highest BCUT2D eigenvalue weighted by Gasteiger charge is 2.22. The maximum Gasteiger partial charge on any atom is 0.261 e. The van der Waals surface area contributed by atoms with Crippen molar-refractivity contribution in [1.29, 1.82) is 0 Å². The van der Waals surface area contributed by atoms with E-state index in [2.05, 4.69) is 10.3 Å². The number of amides is 1. The highest BCUT2D eigenvalue weighted by Crippen LogP contribution is 2.21. The summed E-state index contributed by atoms with van der Waals surface area (Å²) < 4.78 is 0. The molecular formula is C17H20N2O3. The van der Waals surface area contributed by atoms with Gasteiger partial charge >= 0.3 is 0 Å². The minimum absolute atomic E-state index is 0.0333. The van der Waals surface area contributed by atoms with Crippen LogP contribution in [-0.4, -0.2) is 28.1 Å². The zero-order chi connectivity index (χ0) is 16.3. The van der Waals surface area contributed by atoms with Gasteiger partial charge in [-0.25, -0.2) is 0 Å². The molecular weight excluding hydrogens is 280 g/mol. The van der Waals surface area contributed by atoms with E-state index in [9.17, 15) is 14.7 Å². The maximum absolute atomic E-state index is 12.3. The summed E-state index contributed by atoms with van der Waals surface area (Å²) in [6.07, 6.45) is 0. The first-order chi connectivity index (χ1) is 10.3. The van der Waals surface area contributed by atoms with Crippen molar-refractivity contribution in [1.82, 2.24) is 10.3 Å². The van der Waals surface area contributed by atoms with E-state index in [0.717, 1.165) is 11.1 Å². The summed E-state index contributed by atoms with van der Waals surface area (Å²) >= 11 is 0. The summed E-state index contributed by atoms with van der Waals surface area (Å²) in [4.78, 5) is 27.1. The smallest absolute Gasteiger partial charge is 0.261 e. The lowest BCUT2D eigenvalue weighted by atomic mass is 10.0. The third kappa shape index (κ3) is 3.43. The van der Waals surface area contributed by atoms with Crippen LogP contribution in [0.1, 0.15) is 29.9 Å². The van der Waals surface area contributed by atoms with Crippen molar-refractivity contribution in [3.05, 3.63) is 58.0 Å². The van der Waals surface area contributed by atoms with E-state index in [1.54, 1.807) is 26.8 Å². The summed E-state index contributed by atoms with van der Waals surface area (Å²) in [6.45, 7) is 4.95. The van der Waals surface area contributed by atoms with Crippen LogP contribution < -0.4 is 10.9 Å². The number of aliphatic hydroxyl groups is 1. The number of hydrogen-bond acceptors (Lipinski definition) is 3. The molecule has 0 aliphatic carbocycles. The zero-order valence-electron chi connectivity index (χ0n) is 12.9. The molecule has 0 unspecified atom stereocenters. The van der Waals surface area contributed by atoms with Gasteiger partial charge in [-0.15, -0.1) is 0 Å². The van der Waals surface area contributed by atoms with Gasteiger partial charge in [-0.1, -0.05) is 30.3 Å². The van der Waals surface area contributed by atoms with Crippen LogP contribution in [-0.2, 0) is 0 Å². The standard InChI is InChI=1S/C17H20N2O3/c1-11-13(12-7-5-4-6-8-12)9-14(15(21)18-11)16(22)19-17(2,3)10-20/h4-9,20H,10H2,1-3H3,(H,18,21)(H,19,22). The third-order valence-electron chi connectivity index (χ3n) is 3.41. The number of hydrogen-bond donors (Lipinski definition) is 3. The molecule has 0 saturated carbocycles. The molecule has 116 valence electrons. The lowest BCUT2D eigenvalue weighted by molar-refractivity contribution is 0.0868. The second-order valence-electron chi connectivity index (χ2n) is 5.91. The van der Waals surface area contributed by atoms with Crippen LogP contribution in [0.15, 0.2) is 41.2 Å². The predicted octanol–water partition coefficient (Wildman–Crippen LogP) is 1.85. The minimum atomic E-state index is -0.790. The van der Waals surface area contributed by atoms with Crippen molar-refractivity contribution in [3.63, 3.8) is 0 Å². The fourth-order valence-electron chi connectivity index (χ4n) is 2.12. The number of carbonyl (C=O) groups excluding carboxylic acids is 1. The Labute approximate surface area is 129 Å². The Morgan fingerprint density at radius 1 is 1.27 bits per heavy atom. The van der Waals surface area contributed by atoms with Crippen LogP contribution in [0.3, 0.4) is 0 Å². The predicted molar refractivity (Wildman–Crippen MR) is 85.9 cm³/mol. The van der Waals surface area contributed by atoms with Crippen molar-refractivity contribution in [2.45, 2.75) is 26.3 Å². The Balaban J connectivity index is 2.46. The second kappa shape index (κ2) is 6.15. The fourth-order valence-corrected chi connectivity index (χ4v) is 2.12. The van der Waals surface area contributed by atoms with Crippen LogP contribution in [0, 0.1) is 6.92 Å². The Hall–Kier alpha value is -2.40. The monoisotopic (exact) mass is 300 g/mol. The molecule has 1 amide bonds. The van der Waals surface area contributed by atoms with Gasteiger partial charge in [0.15, 0.2) is 0 Å². The van der Waals surface area contributed by atoms with Crippen LogP contribution in [0.25, 0.3) is 11.1 Å². The first-order valence-electron chi connectivity index (χ1n) is 7.07. The number of H-pyrrole nitrogens is 1. The lowest BCUT2D eigenvalue weighted by Gasteiger charge is -2.23. The van der Waals surface area contributed by atoms with E-state index >= 15 is 0 Å².